The van der Waals surface area contributed by atoms with Crippen LogP contribution in [-0.2, 0) is 55.3 Å². The van der Waals surface area contributed by atoms with Gasteiger partial charge in [-0.3, -0.25) is 44.0 Å². The highest BCUT2D eigenvalue weighted by atomic mass is 32.2. The van der Waals surface area contributed by atoms with Crippen LogP contribution in [-0.4, -0.2) is 122 Å². The average molecular weight is 1590 g/mol. The lowest BCUT2D eigenvalue weighted by Gasteiger charge is -2.43. The molecule has 0 amide bonds. The minimum Gasteiger partial charge on any atom is -0.291 e. The fourth-order valence-corrected chi connectivity index (χ4v) is 22.5. The molecule has 114 heavy (non-hydrogen) atoms. The number of benzene rings is 3. The van der Waals surface area contributed by atoms with E-state index in [4.69, 9.17) is 0 Å². The number of carbonyl (C=O) groups excluding carboxylic acids is 3. The number of aromatic nitrogens is 13. The average Bonchev–Trinajstić information content (AvgIpc) is 1.43. The summed E-state index contributed by atoms with van der Waals surface area (Å²) in [7, 11) is -11.2. The maximum absolute atomic E-state index is 14.3. The highest BCUT2D eigenvalue weighted by molar-refractivity contribution is 7.92. The highest BCUT2D eigenvalue weighted by Crippen LogP contribution is 2.55. The smallest absolute Gasteiger partial charge is 0.200 e. The Morgan fingerprint density at radius 2 is 0.807 bits per heavy atom. The number of hydrogen-bond donors (Lipinski definition) is 0. The Balaban J connectivity index is 0.000000129. The zero-order chi connectivity index (χ0) is 79.5. The van der Waals surface area contributed by atoms with Crippen molar-refractivity contribution >= 4 is 65.1 Å². The molecule has 578 valence electrons. The van der Waals surface area contributed by atoms with E-state index in [2.05, 4.69) is 45.3 Å². The fourth-order valence-electron chi connectivity index (χ4n) is 17.2. The van der Waals surface area contributed by atoms with Gasteiger partial charge >= 0.3 is 0 Å². The number of fused-ring (bicyclic) bond motifs is 6. The van der Waals surface area contributed by atoms with Crippen LogP contribution in [0.25, 0.3) is 35.3 Å². The molecule has 18 rings (SSSR count). The van der Waals surface area contributed by atoms with Gasteiger partial charge in [0.25, 0.3) is 0 Å². The number of allylic oxidation sites excluding steroid dienone is 3. The van der Waals surface area contributed by atoms with Crippen LogP contribution in [0.4, 0.5) is 13.2 Å². The van der Waals surface area contributed by atoms with Crippen molar-refractivity contribution in [1.29, 1.82) is 0 Å². The molecule has 28 heteroatoms. The van der Waals surface area contributed by atoms with Gasteiger partial charge in [0, 0.05) is 56.1 Å². The summed E-state index contributed by atoms with van der Waals surface area (Å²) >= 11 is 0. The van der Waals surface area contributed by atoms with Crippen molar-refractivity contribution in [1.82, 2.24) is 64.0 Å². The molecule has 0 spiro atoms. The first kappa shape index (κ1) is 76.1. The molecular formula is C86H76F3N13O9S3. The van der Waals surface area contributed by atoms with E-state index in [1.807, 2.05) is 51.1 Å². The Morgan fingerprint density at radius 3 is 1.15 bits per heavy atom. The molecule has 12 aromatic rings. The Labute approximate surface area is 656 Å². The number of nitrogens with zero attached hydrogens (tertiary/aromatic N) is 13. The predicted octanol–water partition coefficient (Wildman–Crippen LogP) is 14.3. The Bertz CT molecular complexity index is 6220. The minimum absolute atomic E-state index is 0.0405. The molecule has 0 unspecified atom stereocenters. The van der Waals surface area contributed by atoms with Gasteiger partial charge in [-0.2, -0.15) is 20.4 Å². The Kier molecular flexibility index (Phi) is 20.2. The summed E-state index contributed by atoms with van der Waals surface area (Å²) in [5.41, 5.74) is 9.25. The third kappa shape index (κ3) is 14.0. The van der Waals surface area contributed by atoms with E-state index in [0.29, 0.717) is 98.5 Å². The normalized spacial score (nSPS) is 20.8. The third-order valence-electron chi connectivity index (χ3n) is 23.0. The van der Waals surface area contributed by atoms with Gasteiger partial charge in [0.2, 0.25) is 0 Å². The molecule has 3 aromatic carbocycles. The van der Waals surface area contributed by atoms with Crippen LogP contribution in [0.2, 0.25) is 0 Å². The second-order valence-electron chi connectivity index (χ2n) is 29.9. The van der Waals surface area contributed by atoms with Crippen molar-refractivity contribution < 1.29 is 52.8 Å². The van der Waals surface area contributed by atoms with E-state index in [1.165, 1.54) is 67.3 Å². The molecule has 3 fully saturated rings. The van der Waals surface area contributed by atoms with Crippen LogP contribution in [0.15, 0.2) is 245 Å². The fraction of sp³-hybridized carbons (Fsp3) is 0.256. The zero-order valence-electron chi connectivity index (χ0n) is 62.2. The summed E-state index contributed by atoms with van der Waals surface area (Å²) in [6, 6.07) is 38.4. The first-order valence-electron chi connectivity index (χ1n) is 37.5. The maximum Gasteiger partial charge on any atom is 0.200 e. The SMILES string of the molecule is CCn1ccc(S(=O)(=O)[C@H]2CCC3=Cc4c(cnn4-c4ccc(F)cc4)C[C@]3(C(=O)c3cc(C)ccn3)C2)n1.Cc1ccnc(C(=O)[C@]23Cc4cnn(-c5ccc(F)cc5)c4C=C2CC[C@H](S(=O)(=O)c2cccnc2)C3)c1.O=C(c1ccccn1)[C@]12Cc3cnn(-c4ccc(F)cc4)c3C=C1CC[C@H](S(=O)(=O)c1cccnc1)C2. The van der Waals surface area contributed by atoms with Crippen LogP contribution < -0.4 is 0 Å². The van der Waals surface area contributed by atoms with E-state index < -0.39 is 61.5 Å². The van der Waals surface area contributed by atoms with Gasteiger partial charge in [-0.15, -0.1) is 0 Å². The van der Waals surface area contributed by atoms with Crippen LogP contribution in [0.3, 0.4) is 0 Å². The minimum atomic E-state index is -3.77. The Morgan fingerprint density at radius 1 is 0.430 bits per heavy atom. The first-order chi connectivity index (χ1) is 54.9. The molecule has 0 radical (unpaired) electrons. The number of rotatable bonds is 16. The van der Waals surface area contributed by atoms with Crippen LogP contribution in [0, 0.1) is 47.5 Å². The molecule has 6 atom stereocenters. The highest BCUT2D eigenvalue weighted by Gasteiger charge is 2.56. The lowest BCUT2D eigenvalue weighted by molar-refractivity contribution is 0.0790. The number of hydrogen-bond acceptors (Lipinski definition) is 18. The number of carbonyl (C=O) groups is 3. The van der Waals surface area contributed by atoms with E-state index in [9.17, 15) is 52.8 Å². The molecule has 0 bridgehead atoms. The van der Waals surface area contributed by atoms with Crippen molar-refractivity contribution in [2.24, 2.45) is 16.2 Å². The van der Waals surface area contributed by atoms with E-state index in [0.717, 1.165) is 61.6 Å². The lowest BCUT2D eigenvalue weighted by atomic mass is 9.61. The van der Waals surface area contributed by atoms with Gasteiger partial charge in [-0.25, -0.2) is 52.5 Å². The molecule has 9 aromatic heterocycles. The molecule has 6 aliphatic carbocycles. The van der Waals surface area contributed by atoms with E-state index in [-0.39, 0.29) is 68.9 Å². The summed E-state index contributed by atoms with van der Waals surface area (Å²) in [5.74, 6) is -1.56. The number of aryl methyl sites for hydroxylation is 3. The molecule has 6 aliphatic rings. The largest absolute Gasteiger partial charge is 0.291 e. The number of halogens is 3. The van der Waals surface area contributed by atoms with Gasteiger partial charge in [-0.05, 0) is 283 Å². The van der Waals surface area contributed by atoms with Crippen LogP contribution in [0.1, 0.15) is 141 Å². The summed E-state index contributed by atoms with van der Waals surface area (Å²) in [6.45, 7) is 6.26. The van der Waals surface area contributed by atoms with Crippen LogP contribution >= 0.6 is 0 Å². The van der Waals surface area contributed by atoms with Gasteiger partial charge in [-0.1, -0.05) is 22.8 Å². The number of pyridine rings is 5. The molecule has 0 saturated heterocycles. The second-order valence-corrected chi connectivity index (χ2v) is 36.5. The quantitative estimate of drug-likeness (QED) is 0.0812. The van der Waals surface area contributed by atoms with Crippen molar-refractivity contribution in [2.45, 2.75) is 135 Å². The molecule has 0 N–H and O–H groups in total. The van der Waals surface area contributed by atoms with Gasteiger partial charge in [0.05, 0.1) is 94.5 Å². The van der Waals surface area contributed by atoms with Gasteiger partial charge < -0.3 is 0 Å². The second kappa shape index (κ2) is 30.2. The monoisotopic (exact) mass is 1590 g/mol. The molecule has 3 saturated carbocycles. The standard InChI is InChI=1S/C29H28FN5O3S.C29H25FN4O3S.C28H23FN4O3S/c1-3-34-13-11-27(33-34)39(37,38)24-9-4-21-15-26-20(18-32-35(26)23-7-5-22(30)6-8-23)16-29(21,17-24)28(36)25-14-19(2)10-12-31-25;1-19-10-12-32-26(13-19)28(35)29-15-20-17-33-34(23-7-5-22(30)6-8-23)27(20)14-21(29)4-9-24(16-29)38(36,37)25-3-2-11-31-18-25;29-21-7-9-22(10-8-21)33-26-14-20-6-11-23(37(35,36)24-4-3-12-30-18-24)16-28(20,15-19(26)17-32-33)27(34)25-5-1-2-13-31-25/h5-8,10-15,18,24H,3-4,9,16-17H2,1-2H3;2-3,5-8,10-14,17-18,24H,4,9,15-16H2,1H3;1-5,7-10,12-14,17-18,23H,6,11,15-16H2/t2*24-,29-;23-,28-/m000/s1. The third-order valence-corrected chi connectivity index (χ3v) is 29.5. The predicted molar refractivity (Wildman–Crippen MR) is 419 cm³/mol. The number of sulfone groups is 3. The number of ketones is 3. The van der Waals surface area contributed by atoms with Gasteiger partial charge in [0.15, 0.2) is 51.9 Å². The summed E-state index contributed by atoms with van der Waals surface area (Å²) < 4.78 is 129. The molecule has 9 heterocycles. The first-order valence-corrected chi connectivity index (χ1v) is 42.1. The van der Waals surface area contributed by atoms with E-state index >= 15 is 0 Å². The Hall–Kier alpha value is -11.9. The summed E-state index contributed by atoms with van der Waals surface area (Å²) in [4.78, 5) is 64.1. The summed E-state index contributed by atoms with van der Waals surface area (Å²) in [6.07, 6.45) is 27.1. The van der Waals surface area contributed by atoms with Crippen molar-refractivity contribution in [2.75, 3.05) is 0 Å². The molecular weight excluding hydrogens is 1510 g/mol. The molecule has 22 nitrogen and oxygen atoms in total. The van der Waals surface area contributed by atoms with Gasteiger partial charge in [0.1, 0.15) is 34.5 Å². The molecule has 0 aliphatic heterocycles. The summed E-state index contributed by atoms with van der Waals surface area (Å²) in [5, 5.41) is 15.7. The zero-order valence-corrected chi connectivity index (χ0v) is 64.7. The van der Waals surface area contributed by atoms with Crippen LogP contribution in [0.5, 0.6) is 0 Å². The van der Waals surface area contributed by atoms with Crippen molar-refractivity contribution in [3.63, 3.8) is 0 Å². The maximum atomic E-state index is 14.3. The van der Waals surface area contributed by atoms with E-state index in [1.54, 1.807) is 153 Å². The van der Waals surface area contributed by atoms with Crippen molar-refractivity contribution in [3.05, 3.63) is 310 Å². The lowest BCUT2D eigenvalue weighted by Crippen LogP contribution is -2.46. The number of Topliss-reactive ketones (excluding diaryl/α,β-unsaturated/α-hetero) is 3. The topological polar surface area (TPSA) is 289 Å². The van der Waals surface area contributed by atoms with Crippen molar-refractivity contribution in [3.8, 4) is 17.1 Å².